The van der Waals surface area contributed by atoms with Gasteiger partial charge in [0, 0.05) is 38.6 Å². The van der Waals surface area contributed by atoms with Crippen LogP contribution in [-0.2, 0) is 12.4 Å². The monoisotopic (exact) mass is 786 g/mol. The van der Waals surface area contributed by atoms with Crippen molar-refractivity contribution in [1.82, 2.24) is 14.5 Å². The van der Waals surface area contributed by atoms with Gasteiger partial charge < -0.3 is 4.57 Å². The van der Waals surface area contributed by atoms with Gasteiger partial charge in [0.15, 0.2) is 5.82 Å². The molecule has 0 atom stereocenters. The Bertz CT molecular complexity index is 2950. The van der Waals surface area contributed by atoms with Gasteiger partial charge in [-0.15, -0.1) is 0 Å². The molecule has 286 valence electrons. The van der Waals surface area contributed by atoms with Gasteiger partial charge in [-0.25, -0.2) is 9.97 Å². The van der Waals surface area contributed by atoms with Gasteiger partial charge in [-0.1, -0.05) is 103 Å². The highest BCUT2D eigenvalue weighted by Gasteiger charge is 2.33. The van der Waals surface area contributed by atoms with E-state index in [4.69, 9.17) is 9.97 Å². The summed E-state index contributed by atoms with van der Waals surface area (Å²) in [6.45, 7) is 0. The number of aromatic nitrogens is 3. The number of hydrogen-bond donors (Lipinski definition) is 0. The normalized spacial score (nSPS) is 11.9. The molecule has 0 fully saturated rings. The zero-order chi connectivity index (χ0) is 40.9. The second-order valence-electron chi connectivity index (χ2n) is 14.0. The fraction of sp³-hybridized carbons (Fsp3) is 0.0408. The third-order valence-corrected chi connectivity index (χ3v) is 10.3. The highest BCUT2D eigenvalue weighted by atomic mass is 19.4. The van der Waals surface area contributed by atoms with Gasteiger partial charge in [0.25, 0.3) is 0 Å². The largest absolute Gasteiger partial charge is 0.416 e. The molecule has 0 unspecified atom stereocenters. The van der Waals surface area contributed by atoms with Crippen molar-refractivity contribution < 1.29 is 26.3 Å². The predicted molar refractivity (Wildman–Crippen MR) is 218 cm³/mol. The molecule has 0 spiro atoms. The summed E-state index contributed by atoms with van der Waals surface area (Å²) in [4.78, 5) is 9.97. The van der Waals surface area contributed by atoms with E-state index < -0.39 is 23.5 Å². The molecule has 2 aromatic heterocycles. The van der Waals surface area contributed by atoms with Crippen LogP contribution in [-0.4, -0.2) is 14.5 Å². The fourth-order valence-corrected chi connectivity index (χ4v) is 7.54. The van der Waals surface area contributed by atoms with Crippen molar-refractivity contribution >= 4 is 21.8 Å². The summed E-state index contributed by atoms with van der Waals surface area (Å²) in [6.07, 6.45) is -9.40. The third-order valence-electron chi connectivity index (χ3n) is 10.3. The van der Waals surface area contributed by atoms with Gasteiger partial charge in [-0.05, 0) is 77.9 Å². The Morgan fingerprint density at radius 1 is 0.441 bits per heavy atom. The van der Waals surface area contributed by atoms with E-state index in [2.05, 4.69) is 6.07 Å². The average Bonchev–Trinajstić information content (AvgIpc) is 3.59. The number of rotatable bonds is 6. The lowest BCUT2D eigenvalue weighted by molar-refractivity contribution is -0.138. The number of alkyl halides is 6. The van der Waals surface area contributed by atoms with E-state index in [0.717, 1.165) is 40.8 Å². The molecule has 0 saturated heterocycles. The lowest BCUT2D eigenvalue weighted by Gasteiger charge is -2.22. The van der Waals surface area contributed by atoms with Crippen molar-refractivity contribution in [1.29, 1.82) is 5.26 Å². The standard InChI is InChI=1S/C49H28F6N4/c50-48(51,52)36-17-9-15-33(24-36)39-26-35(47-57-42(31-11-3-1-4-12-31)28-43(58-47)32-13-5-2-6-14-32)27-40(34-16-10-18-37(25-34)49(53,54)55)46(39)59-44-20-8-7-19-38(44)41-23-30(29-56)21-22-45(41)59/h1-28H. The summed E-state index contributed by atoms with van der Waals surface area (Å²) in [6, 6.07) is 48.4. The molecule has 0 radical (unpaired) electrons. The zero-order valence-electron chi connectivity index (χ0n) is 30.7. The van der Waals surface area contributed by atoms with Gasteiger partial charge in [0.1, 0.15) is 0 Å². The van der Waals surface area contributed by atoms with Gasteiger partial charge in [-0.2, -0.15) is 31.6 Å². The van der Waals surface area contributed by atoms with Crippen LogP contribution in [0.25, 0.3) is 83.6 Å². The molecular weight excluding hydrogens is 759 g/mol. The minimum Gasteiger partial charge on any atom is -0.308 e. The maximum atomic E-state index is 14.4. The molecule has 59 heavy (non-hydrogen) atoms. The molecule has 7 aromatic carbocycles. The number of para-hydroxylation sites is 1. The molecule has 2 heterocycles. The number of hydrogen-bond acceptors (Lipinski definition) is 3. The van der Waals surface area contributed by atoms with Crippen LogP contribution in [0.5, 0.6) is 0 Å². The lowest BCUT2D eigenvalue weighted by atomic mass is 9.91. The molecule has 0 aliphatic rings. The molecule has 0 bridgehead atoms. The first kappa shape index (κ1) is 37.1. The molecule has 0 aliphatic carbocycles. The number of fused-ring (bicyclic) bond motifs is 3. The molecule has 9 rings (SSSR count). The summed E-state index contributed by atoms with van der Waals surface area (Å²) < 4.78 is 88.5. The van der Waals surface area contributed by atoms with E-state index in [1.54, 1.807) is 48.5 Å². The van der Waals surface area contributed by atoms with E-state index >= 15 is 0 Å². The molecule has 4 nitrogen and oxygen atoms in total. The summed E-state index contributed by atoms with van der Waals surface area (Å²) in [5.41, 5.74) is 4.05. The van der Waals surface area contributed by atoms with Crippen LogP contribution in [0.15, 0.2) is 170 Å². The van der Waals surface area contributed by atoms with Crippen molar-refractivity contribution in [3.63, 3.8) is 0 Å². The van der Waals surface area contributed by atoms with Crippen molar-refractivity contribution in [3.8, 4) is 67.9 Å². The van der Waals surface area contributed by atoms with Crippen LogP contribution in [0.3, 0.4) is 0 Å². The van der Waals surface area contributed by atoms with Crippen LogP contribution in [0.1, 0.15) is 16.7 Å². The maximum absolute atomic E-state index is 14.4. The van der Waals surface area contributed by atoms with Crippen LogP contribution < -0.4 is 0 Å². The molecular formula is C49H28F6N4. The number of nitrogens with zero attached hydrogens (tertiary/aromatic N) is 4. The van der Waals surface area contributed by atoms with E-state index in [1.807, 2.05) is 89.5 Å². The van der Waals surface area contributed by atoms with Gasteiger partial charge in [0.2, 0.25) is 0 Å². The van der Waals surface area contributed by atoms with E-state index in [-0.39, 0.29) is 28.1 Å². The number of nitriles is 1. The molecule has 0 saturated carbocycles. The van der Waals surface area contributed by atoms with Crippen molar-refractivity contribution in [2.45, 2.75) is 12.4 Å². The highest BCUT2D eigenvalue weighted by Crippen LogP contribution is 2.46. The van der Waals surface area contributed by atoms with Crippen LogP contribution >= 0.6 is 0 Å². The molecule has 0 aliphatic heterocycles. The summed E-state index contributed by atoms with van der Waals surface area (Å²) in [5.74, 6) is 0.207. The van der Waals surface area contributed by atoms with E-state index in [1.165, 1.54) is 12.1 Å². The highest BCUT2D eigenvalue weighted by molar-refractivity contribution is 6.11. The molecule has 0 N–H and O–H groups in total. The Labute approximate surface area is 333 Å². The Balaban J connectivity index is 1.45. The van der Waals surface area contributed by atoms with Crippen molar-refractivity contribution in [2.75, 3.05) is 0 Å². The second-order valence-corrected chi connectivity index (χ2v) is 14.0. The number of halogens is 6. The van der Waals surface area contributed by atoms with E-state index in [0.29, 0.717) is 44.6 Å². The smallest absolute Gasteiger partial charge is 0.308 e. The Morgan fingerprint density at radius 2 is 0.932 bits per heavy atom. The Morgan fingerprint density at radius 3 is 1.46 bits per heavy atom. The van der Waals surface area contributed by atoms with Gasteiger partial charge in [-0.3, -0.25) is 0 Å². The van der Waals surface area contributed by atoms with Crippen LogP contribution in [0, 0.1) is 11.3 Å². The predicted octanol–water partition coefficient (Wildman–Crippen LogP) is 13.8. The topological polar surface area (TPSA) is 54.5 Å². The van der Waals surface area contributed by atoms with Crippen LogP contribution in [0.4, 0.5) is 26.3 Å². The summed E-state index contributed by atoms with van der Waals surface area (Å²) in [5, 5.41) is 11.2. The molecule has 0 amide bonds. The minimum atomic E-state index is -4.70. The first-order chi connectivity index (χ1) is 28.5. The van der Waals surface area contributed by atoms with E-state index in [9.17, 15) is 31.6 Å². The average molecular weight is 787 g/mol. The third kappa shape index (κ3) is 6.97. The molecule has 9 aromatic rings. The van der Waals surface area contributed by atoms with Gasteiger partial charge in [0.05, 0.1) is 50.9 Å². The molecule has 10 heteroatoms. The zero-order valence-corrected chi connectivity index (χ0v) is 30.7. The van der Waals surface area contributed by atoms with Crippen molar-refractivity contribution in [2.24, 2.45) is 0 Å². The summed E-state index contributed by atoms with van der Waals surface area (Å²) in [7, 11) is 0. The lowest BCUT2D eigenvalue weighted by Crippen LogP contribution is -2.07. The van der Waals surface area contributed by atoms with Gasteiger partial charge >= 0.3 is 12.4 Å². The van der Waals surface area contributed by atoms with Crippen molar-refractivity contribution in [3.05, 3.63) is 187 Å². The fourth-order valence-electron chi connectivity index (χ4n) is 7.54. The number of benzene rings is 7. The first-order valence-electron chi connectivity index (χ1n) is 18.4. The maximum Gasteiger partial charge on any atom is 0.416 e. The Kier molecular flexibility index (Phi) is 9.09. The summed E-state index contributed by atoms with van der Waals surface area (Å²) >= 11 is 0. The minimum absolute atomic E-state index is 0.159. The quantitative estimate of drug-likeness (QED) is 0.158. The first-order valence-corrected chi connectivity index (χ1v) is 18.4. The Hall–Kier alpha value is -7.51. The second kappa shape index (κ2) is 14.5. The SMILES string of the molecule is N#Cc1ccc2c(c1)c1ccccc1n2-c1c(-c2cccc(C(F)(F)F)c2)cc(-c2nc(-c3ccccc3)cc(-c3ccccc3)n2)cc1-c1cccc(C(F)(F)F)c1. The van der Waals surface area contributed by atoms with Crippen LogP contribution in [0.2, 0.25) is 0 Å².